The summed E-state index contributed by atoms with van der Waals surface area (Å²) in [6.07, 6.45) is 0. The van der Waals surface area contributed by atoms with Crippen LogP contribution < -0.4 is 10.5 Å². The smallest absolute Gasteiger partial charge is 0.129 e. The van der Waals surface area contributed by atoms with Crippen molar-refractivity contribution in [2.24, 2.45) is 5.73 Å². The number of halogens is 1. The first-order valence-corrected chi connectivity index (χ1v) is 6.25. The number of rotatable bonds is 4. The van der Waals surface area contributed by atoms with E-state index in [1.165, 1.54) is 6.07 Å². The molecule has 2 nitrogen and oxygen atoms in total. The molecule has 19 heavy (non-hydrogen) atoms. The standard InChI is InChI=1S/C15H14FNOS/c1-10-6-7-12(8-14(10)16)18-9-11-4-2-3-5-13(11)15(17)19/h2-8H,9H2,1H3,(H2,17,19). The van der Waals surface area contributed by atoms with Crippen LogP contribution in [-0.4, -0.2) is 4.99 Å². The Labute approximate surface area is 117 Å². The third kappa shape index (κ3) is 3.29. The maximum absolute atomic E-state index is 13.4. The molecule has 0 aliphatic carbocycles. The van der Waals surface area contributed by atoms with Crippen LogP contribution in [0.1, 0.15) is 16.7 Å². The van der Waals surface area contributed by atoms with Crippen LogP contribution in [-0.2, 0) is 6.61 Å². The number of nitrogens with two attached hydrogens (primary N) is 1. The van der Waals surface area contributed by atoms with E-state index in [1.807, 2.05) is 24.3 Å². The summed E-state index contributed by atoms with van der Waals surface area (Å²) >= 11 is 4.98. The van der Waals surface area contributed by atoms with Crippen LogP contribution in [0, 0.1) is 12.7 Å². The molecule has 2 N–H and O–H groups in total. The van der Waals surface area contributed by atoms with Crippen LogP contribution in [0.5, 0.6) is 5.75 Å². The van der Waals surface area contributed by atoms with E-state index in [9.17, 15) is 4.39 Å². The predicted octanol–water partition coefficient (Wildman–Crippen LogP) is 3.35. The molecule has 2 aromatic carbocycles. The number of ether oxygens (including phenoxy) is 1. The van der Waals surface area contributed by atoms with Gasteiger partial charge in [0.2, 0.25) is 0 Å². The first-order chi connectivity index (χ1) is 9.08. The normalized spacial score (nSPS) is 10.2. The molecular weight excluding hydrogens is 261 g/mol. The van der Waals surface area contributed by atoms with Crippen molar-refractivity contribution >= 4 is 17.2 Å². The molecule has 0 amide bonds. The van der Waals surface area contributed by atoms with Gasteiger partial charge in [0.05, 0.1) is 0 Å². The molecule has 0 saturated heterocycles. The highest BCUT2D eigenvalue weighted by Crippen LogP contribution is 2.18. The zero-order valence-corrected chi connectivity index (χ0v) is 11.3. The Morgan fingerprint density at radius 3 is 2.68 bits per heavy atom. The fourth-order valence-electron chi connectivity index (χ4n) is 1.71. The molecule has 0 spiro atoms. The van der Waals surface area contributed by atoms with Gasteiger partial charge in [0.25, 0.3) is 0 Å². The Kier molecular flexibility index (Phi) is 4.12. The molecule has 2 rings (SSSR count). The first-order valence-electron chi connectivity index (χ1n) is 5.84. The summed E-state index contributed by atoms with van der Waals surface area (Å²) in [5.41, 5.74) is 7.90. The van der Waals surface area contributed by atoms with E-state index in [4.69, 9.17) is 22.7 Å². The van der Waals surface area contributed by atoms with Gasteiger partial charge < -0.3 is 10.5 Å². The van der Waals surface area contributed by atoms with Crippen molar-refractivity contribution in [3.63, 3.8) is 0 Å². The van der Waals surface area contributed by atoms with Crippen molar-refractivity contribution < 1.29 is 9.13 Å². The topological polar surface area (TPSA) is 35.2 Å². The van der Waals surface area contributed by atoms with Crippen LogP contribution in [0.3, 0.4) is 0 Å². The molecule has 0 radical (unpaired) electrons. The molecule has 0 unspecified atom stereocenters. The summed E-state index contributed by atoms with van der Waals surface area (Å²) in [7, 11) is 0. The van der Waals surface area contributed by atoms with Gasteiger partial charge in [0.1, 0.15) is 23.2 Å². The van der Waals surface area contributed by atoms with E-state index in [1.54, 1.807) is 19.1 Å². The summed E-state index contributed by atoms with van der Waals surface area (Å²) in [5, 5.41) is 0. The number of hydrogen-bond donors (Lipinski definition) is 1. The zero-order valence-electron chi connectivity index (χ0n) is 10.5. The molecule has 4 heteroatoms. The van der Waals surface area contributed by atoms with Gasteiger partial charge in [-0.05, 0) is 24.1 Å². The Bertz CT molecular complexity index is 613. The van der Waals surface area contributed by atoms with Crippen molar-refractivity contribution in [2.45, 2.75) is 13.5 Å². The van der Waals surface area contributed by atoms with E-state index in [0.717, 1.165) is 11.1 Å². The first kappa shape index (κ1) is 13.5. The average Bonchev–Trinajstić information content (AvgIpc) is 2.40. The molecular formula is C15H14FNOS. The van der Waals surface area contributed by atoms with Gasteiger partial charge in [0, 0.05) is 11.6 Å². The Balaban J connectivity index is 2.14. The predicted molar refractivity (Wildman–Crippen MR) is 77.8 cm³/mol. The summed E-state index contributed by atoms with van der Waals surface area (Å²) in [6, 6.07) is 12.3. The number of aryl methyl sites for hydroxylation is 1. The van der Waals surface area contributed by atoms with Gasteiger partial charge >= 0.3 is 0 Å². The third-order valence-corrected chi connectivity index (χ3v) is 3.04. The van der Waals surface area contributed by atoms with E-state index in [0.29, 0.717) is 22.9 Å². The number of benzene rings is 2. The lowest BCUT2D eigenvalue weighted by molar-refractivity contribution is 0.304. The lowest BCUT2D eigenvalue weighted by Gasteiger charge is -2.10. The second-order valence-corrected chi connectivity index (χ2v) is 4.66. The van der Waals surface area contributed by atoms with E-state index < -0.39 is 0 Å². The molecule has 98 valence electrons. The number of thiocarbonyl (C=S) groups is 1. The maximum atomic E-state index is 13.4. The van der Waals surface area contributed by atoms with Crippen LogP contribution in [0.4, 0.5) is 4.39 Å². The van der Waals surface area contributed by atoms with Crippen LogP contribution in [0.15, 0.2) is 42.5 Å². The highest BCUT2D eigenvalue weighted by molar-refractivity contribution is 7.80. The van der Waals surface area contributed by atoms with Crippen molar-refractivity contribution in [2.75, 3.05) is 0 Å². The largest absolute Gasteiger partial charge is 0.489 e. The van der Waals surface area contributed by atoms with Crippen LogP contribution >= 0.6 is 12.2 Å². The molecule has 0 aliphatic rings. The van der Waals surface area contributed by atoms with Gasteiger partial charge in [-0.3, -0.25) is 0 Å². The second-order valence-electron chi connectivity index (χ2n) is 4.22. The molecule has 0 fully saturated rings. The molecule has 0 saturated carbocycles. The quantitative estimate of drug-likeness (QED) is 0.869. The van der Waals surface area contributed by atoms with Gasteiger partial charge in [-0.2, -0.15) is 0 Å². The molecule has 0 aromatic heterocycles. The minimum Gasteiger partial charge on any atom is -0.489 e. The lowest BCUT2D eigenvalue weighted by Crippen LogP contribution is -2.13. The SMILES string of the molecule is Cc1ccc(OCc2ccccc2C(N)=S)cc1F. The minimum atomic E-state index is -0.278. The minimum absolute atomic E-state index is 0.278. The van der Waals surface area contributed by atoms with E-state index >= 15 is 0 Å². The van der Waals surface area contributed by atoms with Crippen molar-refractivity contribution in [1.82, 2.24) is 0 Å². The Hall–Kier alpha value is -1.94. The second kappa shape index (κ2) is 5.80. The van der Waals surface area contributed by atoms with Crippen molar-refractivity contribution in [1.29, 1.82) is 0 Å². The van der Waals surface area contributed by atoms with Crippen molar-refractivity contribution in [3.05, 3.63) is 65.0 Å². The van der Waals surface area contributed by atoms with Gasteiger partial charge in [-0.25, -0.2) is 4.39 Å². The van der Waals surface area contributed by atoms with E-state index in [2.05, 4.69) is 0 Å². The Morgan fingerprint density at radius 2 is 2.00 bits per heavy atom. The lowest BCUT2D eigenvalue weighted by atomic mass is 10.1. The van der Waals surface area contributed by atoms with Gasteiger partial charge in [-0.1, -0.05) is 42.5 Å². The fourth-order valence-corrected chi connectivity index (χ4v) is 1.91. The highest BCUT2D eigenvalue weighted by atomic mass is 32.1. The maximum Gasteiger partial charge on any atom is 0.129 e. The van der Waals surface area contributed by atoms with Crippen LogP contribution in [0.2, 0.25) is 0 Å². The number of hydrogen-bond acceptors (Lipinski definition) is 2. The summed E-state index contributed by atoms with van der Waals surface area (Å²) in [4.78, 5) is 0.328. The molecule has 0 bridgehead atoms. The van der Waals surface area contributed by atoms with Gasteiger partial charge in [-0.15, -0.1) is 0 Å². The highest BCUT2D eigenvalue weighted by Gasteiger charge is 2.06. The molecule has 0 atom stereocenters. The fraction of sp³-hybridized carbons (Fsp3) is 0.133. The molecule has 0 heterocycles. The van der Waals surface area contributed by atoms with Gasteiger partial charge in [0.15, 0.2) is 0 Å². The summed E-state index contributed by atoms with van der Waals surface area (Å²) in [6.45, 7) is 2.01. The Morgan fingerprint density at radius 1 is 1.26 bits per heavy atom. The monoisotopic (exact) mass is 275 g/mol. The van der Waals surface area contributed by atoms with Crippen LogP contribution in [0.25, 0.3) is 0 Å². The molecule has 2 aromatic rings. The van der Waals surface area contributed by atoms with E-state index in [-0.39, 0.29) is 5.82 Å². The summed E-state index contributed by atoms with van der Waals surface area (Å²) in [5.74, 6) is 0.209. The average molecular weight is 275 g/mol. The van der Waals surface area contributed by atoms with Crippen molar-refractivity contribution in [3.8, 4) is 5.75 Å². The third-order valence-electron chi connectivity index (χ3n) is 2.82. The zero-order chi connectivity index (χ0) is 13.8. The summed E-state index contributed by atoms with van der Waals surface area (Å²) < 4.78 is 19.0. The molecule has 0 aliphatic heterocycles.